The van der Waals surface area contributed by atoms with Gasteiger partial charge in [0, 0.05) is 21.5 Å². The zero-order chi connectivity index (χ0) is 30.6. The average Bonchev–Trinajstić information content (AvgIpc) is 3.40. The predicted octanol–water partition coefficient (Wildman–Crippen LogP) is 6.32. The number of halogens is 4. The third-order valence-corrected chi connectivity index (χ3v) is 10.3. The second-order valence-electron chi connectivity index (χ2n) is 10.1. The highest BCUT2D eigenvalue weighted by molar-refractivity contribution is 8.00. The summed E-state index contributed by atoms with van der Waals surface area (Å²) in [6, 6.07) is 17.9. The van der Waals surface area contributed by atoms with Crippen LogP contribution >= 0.6 is 34.7 Å². The van der Waals surface area contributed by atoms with Crippen molar-refractivity contribution in [1.29, 1.82) is 0 Å². The average molecular weight is 644 g/mol. The van der Waals surface area contributed by atoms with Gasteiger partial charge in [0.2, 0.25) is 17.7 Å². The number of nitrogens with one attached hydrogen (secondary N) is 1. The fourth-order valence-electron chi connectivity index (χ4n) is 5.41. The third-order valence-electron chi connectivity index (χ3n) is 7.43. The van der Waals surface area contributed by atoms with Crippen LogP contribution in [0.15, 0.2) is 82.6 Å². The summed E-state index contributed by atoms with van der Waals surface area (Å²) in [4.78, 5) is 54.9. The second-order valence-corrected chi connectivity index (χ2v) is 12.7. The van der Waals surface area contributed by atoms with Gasteiger partial charge < -0.3 is 5.32 Å². The molecule has 0 spiro atoms. The number of carbonyl (C=O) groups excluding carboxylic acids is 3. The number of alkyl halides is 3. The van der Waals surface area contributed by atoms with E-state index >= 15 is 0 Å². The van der Waals surface area contributed by atoms with Gasteiger partial charge in [-0.1, -0.05) is 71.1 Å². The molecule has 6 rings (SSSR count). The van der Waals surface area contributed by atoms with Crippen LogP contribution in [-0.4, -0.2) is 27.5 Å². The molecule has 43 heavy (non-hydrogen) atoms. The summed E-state index contributed by atoms with van der Waals surface area (Å²) in [6.45, 7) is 1.50. The smallest absolute Gasteiger partial charge is 0.324 e. The van der Waals surface area contributed by atoms with Crippen molar-refractivity contribution in [2.45, 2.75) is 35.8 Å². The molecule has 3 heterocycles. The molecule has 220 valence electrons. The maximum absolute atomic E-state index is 13.9. The maximum Gasteiger partial charge on any atom is 0.416 e. The van der Waals surface area contributed by atoms with Crippen molar-refractivity contribution in [1.82, 2.24) is 4.57 Å². The van der Waals surface area contributed by atoms with Gasteiger partial charge >= 0.3 is 11.0 Å². The second kappa shape index (κ2) is 11.0. The first kappa shape index (κ1) is 29.2. The molecular formula is C30H21ClF3N3O4S2. The molecule has 13 heteroatoms. The molecule has 3 unspecified atom stereocenters. The first-order chi connectivity index (χ1) is 20.4. The van der Waals surface area contributed by atoms with Gasteiger partial charge in [0.25, 0.3) is 0 Å². The van der Waals surface area contributed by atoms with E-state index in [0.717, 1.165) is 51.8 Å². The molecule has 0 aliphatic carbocycles. The molecule has 1 aromatic heterocycles. The number of anilines is 2. The molecule has 1 N–H and O–H groups in total. The van der Waals surface area contributed by atoms with Crippen LogP contribution in [-0.2, 0) is 27.1 Å². The van der Waals surface area contributed by atoms with Crippen molar-refractivity contribution in [2.24, 2.45) is 5.92 Å². The van der Waals surface area contributed by atoms with Crippen LogP contribution in [0, 0.1) is 12.8 Å². The summed E-state index contributed by atoms with van der Waals surface area (Å²) in [5, 5.41) is 2.55. The zero-order valence-electron chi connectivity index (χ0n) is 22.2. The van der Waals surface area contributed by atoms with Crippen molar-refractivity contribution < 1.29 is 27.6 Å². The Morgan fingerprint density at radius 3 is 2.40 bits per heavy atom. The van der Waals surface area contributed by atoms with Crippen LogP contribution in [0.3, 0.4) is 0 Å². The van der Waals surface area contributed by atoms with Crippen molar-refractivity contribution >= 4 is 63.8 Å². The van der Waals surface area contributed by atoms with Crippen molar-refractivity contribution in [2.75, 3.05) is 10.2 Å². The molecule has 7 nitrogen and oxygen atoms in total. The van der Waals surface area contributed by atoms with Gasteiger partial charge in [-0.3, -0.25) is 23.7 Å². The summed E-state index contributed by atoms with van der Waals surface area (Å²) in [6.07, 6.45) is -4.67. The highest BCUT2D eigenvalue weighted by Crippen LogP contribution is 2.54. The van der Waals surface area contributed by atoms with Gasteiger partial charge in [-0.15, -0.1) is 0 Å². The fraction of sp³-hybridized carbons (Fsp3) is 0.200. The van der Waals surface area contributed by atoms with Gasteiger partial charge in [0.05, 0.1) is 22.2 Å². The molecule has 3 atom stereocenters. The Morgan fingerprint density at radius 1 is 0.977 bits per heavy atom. The number of thiazole rings is 1. The molecule has 1 saturated heterocycles. The van der Waals surface area contributed by atoms with E-state index in [1.807, 2.05) is 19.1 Å². The van der Waals surface area contributed by atoms with Crippen LogP contribution in [0.25, 0.3) is 0 Å². The van der Waals surface area contributed by atoms with Crippen LogP contribution < -0.4 is 15.1 Å². The minimum atomic E-state index is -4.67. The molecule has 0 saturated carbocycles. The number of para-hydroxylation sites is 1. The van der Waals surface area contributed by atoms with E-state index in [0.29, 0.717) is 26.2 Å². The van der Waals surface area contributed by atoms with Crippen LogP contribution in [0.4, 0.5) is 24.5 Å². The van der Waals surface area contributed by atoms with E-state index in [-0.39, 0.29) is 12.2 Å². The van der Waals surface area contributed by atoms with E-state index in [9.17, 15) is 32.3 Å². The number of hydrogen-bond donors (Lipinski definition) is 1. The highest BCUT2D eigenvalue weighted by atomic mass is 35.5. The molecule has 3 aromatic carbocycles. The number of nitrogens with zero attached hydrogens (tertiary/aromatic N) is 2. The molecule has 0 radical (unpaired) electrons. The van der Waals surface area contributed by atoms with E-state index in [1.54, 1.807) is 36.4 Å². The SMILES string of the molecule is Cc1ccccc1NC(=O)Cn1c2c(sc1=O)C(c1ccc(Cl)cc1)C1C(=O)N(c3cccc(C(F)(F)F)c3)C(=O)C1S2. The number of benzene rings is 3. The number of rotatable bonds is 5. The molecule has 2 aliphatic heterocycles. The van der Waals surface area contributed by atoms with Crippen molar-refractivity contribution in [3.05, 3.63) is 109 Å². The highest BCUT2D eigenvalue weighted by Gasteiger charge is 2.57. The first-order valence-electron chi connectivity index (χ1n) is 13.0. The molecule has 1 fully saturated rings. The Kier molecular flexibility index (Phi) is 7.47. The van der Waals surface area contributed by atoms with Crippen LogP contribution in [0.2, 0.25) is 5.02 Å². The van der Waals surface area contributed by atoms with E-state index in [4.69, 9.17) is 11.6 Å². The lowest BCUT2D eigenvalue weighted by Gasteiger charge is -2.30. The number of amides is 3. The van der Waals surface area contributed by atoms with Gasteiger partial charge in [-0.2, -0.15) is 13.2 Å². The quantitative estimate of drug-likeness (QED) is 0.257. The van der Waals surface area contributed by atoms with Crippen LogP contribution in [0.5, 0.6) is 0 Å². The predicted molar refractivity (Wildman–Crippen MR) is 159 cm³/mol. The summed E-state index contributed by atoms with van der Waals surface area (Å²) in [7, 11) is 0. The normalized spacial score (nSPS) is 19.7. The van der Waals surface area contributed by atoms with E-state index in [1.165, 1.54) is 10.6 Å². The monoisotopic (exact) mass is 643 g/mol. The maximum atomic E-state index is 13.9. The summed E-state index contributed by atoms with van der Waals surface area (Å²) >= 11 is 7.97. The topological polar surface area (TPSA) is 88.5 Å². The Bertz CT molecular complexity index is 1840. The Morgan fingerprint density at radius 2 is 1.70 bits per heavy atom. The number of aryl methyl sites for hydroxylation is 1. The largest absolute Gasteiger partial charge is 0.416 e. The van der Waals surface area contributed by atoms with Crippen LogP contribution in [0.1, 0.15) is 27.5 Å². The van der Waals surface area contributed by atoms with Gasteiger partial charge in [-0.05, 0) is 54.4 Å². The summed E-state index contributed by atoms with van der Waals surface area (Å²) in [5.41, 5.74) is 0.846. The first-order valence-corrected chi connectivity index (χ1v) is 15.1. The third kappa shape index (κ3) is 5.28. The van der Waals surface area contributed by atoms with E-state index in [2.05, 4.69) is 5.32 Å². The minimum absolute atomic E-state index is 0.187. The molecule has 2 aliphatic rings. The van der Waals surface area contributed by atoms with Gasteiger partial charge in [0.15, 0.2) is 0 Å². The number of hydrogen-bond acceptors (Lipinski definition) is 6. The Hall–Kier alpha value is -3.87. The summed E-state index contributed by atoms with van der Waals surface area (Å²) < 4.78 is 41.7. The number of imide groups is 1. The number of aromatic nitrogens is 1. The molecule has 0 bridgehead atoms. The minimum Gasteiger partial charge on any atom is -0.324 e. The Balaban J connectivity index is 1.41. The van der Waals surface area contributed by atoms with Gasteiger partial charge in [0.1, 0.15) is 11.8 Å². The lowest BCUT2D eigenvalue weighted by atomic mass is 9.83. The lowest BCUT2D eigenvalue weighted by Crippen LogP contribution is -2.33. The number of fused-ring (bicyclic) bond motifs is 2. The standard InChI is InChI=1S/C30H21ClF3N3O4S2/c1-15-5-2-3-8-20(15)35-21(38)14-36-28-25(43-29(36)41)22(16-9-11-18(31)12-10-16)23-24(42-28)27(40)37(26(23)39)19-7-4-6-17(13-19)30(32,33)34/h2-13,22-24H,14H2,1H3,(H,35,38). The Labute approximate surface area is 256 Å². The molecular weight excluding hydrogens is 623 g/mol. The zero-order valence-corrected chi connectivity index (χ0v) is 24.6. The summed E-state index contributed by atoms with van der Waals surface area (Å²) in [5.74, 6) is -3.60. The molecule has 4 aromatic rings. The number of thioether (sulfide) groups is 1. The lowest BCUT2D eigenvalue weighted by molar-refractivity contribution is -0.137. The van der Waals surface area contributed by atoms with E-state index < -0.39 is 51.4 Å². The van der Waals surface area contributed by atoms with Crippen molar-refractivity contribution in [3.63, 3.8) is 0 Å². The fourth-order valence-corrected chi connectivity index (χ4v) is 8.31. The molecule has 3 amide bonds. The number of carbonyl (C=O) groups is 3. The van der Waals surface area contributed by atoms with Gasteiger partial charge in [-0.25, -0.2) is 4.90 Å². The van der Waals surface area contributed by atoms with Crippen molar-refractivity contribution in [3.8, 4) is 0 Å².